The molecule has 2 N–H and O–H groups in total. The number of aryl methyl sites for hydroxylation is 4. The van der Waals surface area contributed by atoms with Gasteiger partial charge in [0.15, 0.2) is 0 Å². The van der Waals surface area contributed by atoms with Crippen molar-refractivity contribution in [1.82, 2.24) is 4.98 Å². The number of carbonyl (C=O) groups excluding carboxylic acids is 1. The second-order valence-corrected chi connectivity index (χ2v) is 8.93. The van der Waals surface area contributed by atoms with Gasteiger partial charge in [-0.1, -0.05) is 22.4 Å². The lowest BCUT2D eigenvalue weighted by molar-refractivity contribution is 0.102. The molecule has 0 spiro atoms. The van der Waals surface area contributed by atoms with Crippen LogP contribution in [-0.4, -0.2) is 10.9 Å². The van der Waals surface area contributed by atoms with Crippen molar-refractivity contribution in [1.29, 1.82) is 0 Å². The van der Waals surface area contributed by atoms with Gasteiger partial charge in [-0.2, -0.15) is 0 Å². The maximum Gasteiger partial charge on any atom is 0.258 e. The van der Waals surface area contributed by atoms with Crippen LogP contribution in [0.3, 0.4) is 0 Å². The van der Waals surface area contributed by atoms with Crippen LogP contribution < -0.4 is 5.32 Å². The number of thiophene rings is 1. The van der Waals surface area contributed by atoms with E-state index >= 15 is 0 Å². The van der Waals surface area contributed by atoms with Gasteiger partial charge in [0.1, 0.15) is 0 Å². The quantitative estimate of drug-likeness (QED) is 0.484. The molecule has 25 heavy (non-hydrogen) atoms. The third-order valence-corrected chi connectivity index (χ3v) is 6.67. The highest BCUT2D eigenvalue weighted by molar-refractivity contribution is 9.10. The fourth-order valence-electron chi connectivity index (χ4n) is 3.72. The summed E-state index contributed by atoms with van der Waals surface area (Å²) in [6.07, 6.45) is 6.01. The van der Waals surface area contributed by atoms with Gasteiger partial charge >= 0.3 is 0 Å². The normalized spacial score (nSPS) is 14.4. The summed E-state index contributed by atoms with van der Waals surface area (Å²) in [5.74, 6) is -0.0226. The van der Waals surface area contributed by atoms with Crippen LogP contribution in [0.2, 0.25) is 0 Å². The van der Waals surface area contributed by atoms with E-state index in [9.17, 15) is 4.79 Å². The summed E-state index contributed by atoms with van der Waals surface area (Å²) >= 11 is 5.22. The van der Waals surface area contributed by atoms with Gasteiger partial charge in [0.25, 0.3) is 5.91 Å². The van der Waals surface area contributed by atoms with Crippen LogP contribution in [0.5, 0.6) is 0 Å². The first kappa shape index (κ1) is 16.9. The number of carbonyl (C=O) groups is 1. The van der Waals surface area contributed by atoms with Crippen LogP contribution in [0.15, 0.2) is 22.7 Å². The molecule has 0 bridgehead atoms. The number of hydrogen-bond donors (Lipinski definition) is 2. The van der Waals surface area contributed by atoms with Crippen LogP contribution in [0.4, 0.5) is 5.69 Å². The molecule has 4 rings (SSSR count). The summed E-state index contributed by atoms with van der Waals surface area (Å²) in [7, 11) is 0. The molecule has 0 unspecified atom stereocenters. The van der Waals surface area contributed by atoms with Gasteiger partial charge in [-0.25, -0.2) is 0 Å². The van der Waals surface area contributed by atoms with E-state index in [2.05, 4.69) is 26.2 Å². The molecule has 0 fully saturated rings. The number of aromatic nitrogens is 1. The number of H-pyrrole nitrogens is 1. The summed E-state index contributed by atoms with van der Waals surface area (Å²) in [6, 6.07) is 5.91. The number of aromatic amines is 1. The van der Waals surface area contributed by atoms with Crippen molar-refractivity contribution in [2.75, 3.05) is 5.32 Å². The molecule has 3 nitrogen and oxygen atoms in total. The smallest absolute Gasteiger partial charge is 0.258 e. The molecule has 2 heterocycles. The Bertz CT molecular complexity index is 970. The molecule has 1 amide bonds. The molecular formula is C20H21BrN2OS. The third-order valence-electron chi connectivity index (χ3n) is 5.02. The average molecular weight is 417 g/mol. The second kappa shape index (κ2) is 6.61. The molecule has 1 aliphatic rings. The van der Waals surface area contributed by atoms with Crippen LogP contribution >= 0.6 is 27.3 Å². The highest BCUT2D eigenvalue weighted by Gasteiger charge is 2.23. The molecule has 130 valence electrons. The first-order valence-corrected chi connectivity index (χ1v) is 10.4. The predicted molar refractivity (Wildman–Crippen MR) is 109 cm³/mol. The molecule has 2 aromatic heterocycles. The Morgan fingerprint density at radius 2 is 2.00 bits per heavy atom. The lowest BCUT2D eigenvalue weighted by Gasteiger charge is -2.09. The zero-order valence-corrected chi connectivity index (χ0v) is 16.9. The minimum absolute atomic E-state index is 0.0226. The van der Waals surface area contributed by atoms with Gasteiger partial charge in [-0.15, -0.1) is 11.3 Å². The molecule has 1 aromatic carbocycles. The van der Waals surface area contributed by atoms with Crippen molar-refractivity contribution in [2.45, 2.75) is 46.0 Å². The number of halogens is 1. The van der Waals surface area contributed by atoms with Crippen LogP contribution in [0.25, 0.3) is 10.2 Å². The van der Waals surface area contributed by atoms with Gasteiger partial charge < -0.3 is 10.3 Å². The number of nitrogens with one attached hydrogen (secondary N) is 2. The zero-order chi connectivity index (χ0) is 17.6. The number of fused-ring (bicyclic) bond motifs is 3. The Balaban J connectivity index is 1.73. The lowest BCUT2D eigenvalue weighted by atomic mass is 10.1. The lowest BCUT2D eigenvalue weighted by Crippen LogP contribution is -2.13. The zero-order valence-electron chi connectivity index (χ0n) is 14.5. The minimum atomic E-state index is -0.0226. The summed E-state index contributed by atoms with van der Waals surface area (Å²) in [5.41, 5.74) is 6.53. The van der Waals surface area contributed by atoms with Gasteiger partial charge in [-0.3, -0.25) is 4.79 Å². The van der Waals surface area contributed by atoms with Crippen molar-refractivity contribution in [3.63, 3.8) is 0 Å². The van der Waals surface area contributed by atoms with E-state index in [1.165, 1.54) is 35.2 Å². The SMILES string of the molecule is Cc1cc(Br)ccc1NC(=O)c1c(C)sc2c3c([nH]c12)CCCCC3. The Hall–Kier alpha value is -1.59. The van der Waals surface area contributed by atoms with Crippen LogP contribution in [0.1, 0.15) is 51.3 Å². The Morgan fingerprint density at radius 3 is 2.80 bits per heavy atom. The summed E-state index contributed by atoms with van der Waals surface area (Å²) in [4.78, 5) is 17.7. The highest BCUT2D eigenvalue weighted by atomic mass is 79.9. The van der Waals surface area contributed by atoms with E-state index in [4.69, 9.17) is 0 Å². The molecule has 0 atom stereocenters. The summed E-state index contributed by atoms with van der Waals surface area (Å²) in [6.45, 7) is 4.05. The van der Waals surface area contributed by atoms with Crippen LogP contribution in [-0.2, 0) is 12.8 Å². The predicted octanol–water partition coefficient (Wildman–Crippen LogP) is 6.13. The molecule has 0 aliphatic heterocycles. The largest absolute Gasteiger partial charge is 0.357 e. The highest BCUT2D eigenvalue weighted by Crippen LogP contribution is 2.38. The Morgan fingerprint density at radius 1 is 1.20 bits per heavy atom. The average Bonchev–Trinajstić information content (AvgIpc) is 2.94. The van der Waals surface area contributed by atoms with Crippen molar-refractivity contribution < 1.29 is 4.79 Å². The number of rotatable bonds is 2. The molecule has 1 aliphatic carbocycles. The first-order valence-electron chi connectivity index (χ1n) is 8.75. The molecule has 0 saturated heterocycles. The fraction of sp³-hybridized carbons (Fsp3) is 0.350. The molecule has 5 heteroatoms. The third kappa shape index (κ3) is 3.04. The fourth-order valence-corrected chi connectivity index (χ4v) is 5.41. The van der Waals surface area contributed by atoms with E-state index < -0.39 is 0 Å². The Kier molecular flexibility index (Phi) is 4.46. The standard InChI is InChI=1S/C20H21BrN2OS/c1-11-10-13(21)8-9-15(11)23-20(24)17-12(2)25-19-14-6-4-3-5-7-16(14)22-18(17)19/h8-10,22H,3-7H2,1-2H3,(H,23,24). The minimum Gasteiger partial charge on any atom is -0.357 e. The maximum atomic E-state index is 13.0. The van der Waals surface area contributed by atoms with Crippen molar-refractivity contribution >= 4 is 49.1 Å². The van der Waals surface area contributed by atoms with Gasteiger partial charge in [0.2, 0.25) is 0 Å². The summed E-state index contributed by atoms with van der Waals surface area (Å²) in [5, 5.41) is 3.09. The van der Waals surface area contributed by atoms with E-state index in [1.807, 2.05) is 32.0 Å². The maximum absolute atomic E-state index is 13.0. The number of hydrogen-bond acceptors (Lipinski definition) is 2. The van der Waals surface area contributed by atoms with E-state index in [0.29, 0.717) is 0 Å². The molecule has 0 radical (unpaired) electrons. The van der Waals surface area contributed by atoms with E-state index in [0.717, 1.165) is 44.5 Å². The Labute approximate surface area is 160 Å². The monoisotopic (exact) mass is 416 g/mol. The van der Waals surface area contributed by atoms with Gasteiger partial charge in [0.05, 0.1) is 15.8 Å². The van der Waals surface area contributed by atoms with Crippen molar-refractivity contribution in [3.8, 4) is 0 Å². The van der Waals surface area contributed by atoms with E-state index in [1.54, 1.807) is 11.3 Å². The number of benzene rings is 1. The van der Waals surface area contributed by atoms with Crippen molar-refractivity contribution in [2.24, 2.45) is 0 Å². The second-order valence-electron chi connectivity index (χ2n) is 6.79. The first-order chi connectivity index (χ1) is 12.0. The van der Waals surface area contributed by atoms with Crippen molar-refractivity contribution in [3.05, 3.63) is 49.9 Å². The number of amides is 1. The van der Waals surface area contributed by atoms with Gasteiger partial charge in [0, 0.05) is 20.7 Å². The topological polar surface area (TPSA) is 44.9 Å². The van der Waals surface area contributed by atoms with Gasteiger partial charge in [-0.05, 0) is 68.9 Å². The van der Waals surface area contributed by atoms with Crippen LogP contribution in [0, 0.1) is 13.8 Å². The molecule has 3 aromatic rings. The summed E-state index contributed by atoms with van der Waals surface area (Å²) < 4.78 is 2.30. The molecule has 0 saturated carbocycles. The van der Waals surface area contributed by atoms with E-state index in [-0.39, 0.29) is 5.91 Å². The number of anilines is 1. The molecular weight excluding hydrogens is 396 g/mol.